The molecule has 0 radical (unpaired) electrons. The summed E-state index contributed by atoms with van der Waals surface area (Å²) in [4.78, 5) is 18.7. The third kappa shape index (κ3) is 7.99. The van der Waals surface area contributed by atoms with Crippen LogP contribution in [0.4, 0.5) is 0 Å². The molecule has 0 fully saturated rings. The Morgan fingerprint density at radius 2 is 1.72 bits per heavy atom. The Balaban J connectivity index is 2.75. The van der Waals surface area contributed by atoms with Crippen LogP contribution in [-0.4, -0.2) is 45.5 Å². The maximum absolute atomic E-state index is 11.5. The molecule has 0 bridgehead atoms. The molecular formula is C18H31O6P. The van der Waals surface area contributed by atoms with Crippen molar-refractivity contribution in [3.8, 4) is 0 Å². The third-order valence-corrected chi connectivity index (χ3v) is 4.96. The van der Waals surface area contributed by atoms with Crippen LogP contribution in [0.5, 0.6) is 0 Å². The van der Waals surface area contributed by atoms with Gasteiger partial charge in [0.25, 0.3) is 0 Å². The number of hydrogen-bond donors (Lipinski definition) is 3. The molecule has 1 aromatic carbocycles. The smallest absolute Gasteiger partial charge is 0.328 e. The van der Waals surface area contributed by atoms with Crippen molar-refractivity contribution >= 4 is 7.60 Å². The predicted molar refractivity (Wildman–Crippen MR) is 97.4 cm³/mol. The van der Waals surface area contributed by atoms with Gasteiger partial charge in [0, 0.05) is 13.0 Å². The van der Waals surface area contributed by atoms with Gasteiger partial charge in [0.2, 0.25) is 0 Å². The quantitative estimate of drug-likeness (QED) is 0.407. The van der Waals surface area contributed by atoms with Crippen LogP contribution < -0.4 is 0 Å². The molecule has 0 spiro atoms. The standard InChI is InChI=1S/C18H31O6P/c1-14(2)18(19,17(24-15(3)4)13-25(20,21)22)10-11-23-12-16-8-6-5-7-9-16/h5-9,14-15,17,19H,10-13H2,1-4H3,(H2,20,21,22)/t17?,18-/m0/s1. The molecule has 0 saturated heterocycles. The Hall–Kier alpha value is -0.750. The van der Waals surface area contributed by atoms with Crippen molar-refractivity contribution in [3.63, 3.8) is 0 Å². The second-order valence-corrected chi connectivity index (χ2v) is 8.65. The number of ether oxygens (including phenoxy) is 2. The maximum atomic E-state index is 11.5. The molecule has 6 nitrogen and oxygen atoms in total. The summed E-state index contributed by atoms with van der Waals surface area (Å²) < 4.78 is 22.8. The topological polar surface area (TPSA) is 96.2 Å². The molecule has 1 rings (SSSR count). The van der Waals surface area contributed by atoms with Crippen LogP contribution in [0.1, 0.15) is 39.7 Å². The second-order valence-electron chi connectivity index (χ2n) is 6.95. The minimum atomic E-state index is -4.33. The van der Waals surface area contributed by atoms with Crippen LogP contribution in [0.15, 0.2) is 30.3 Å². The summed E-state index contributed by atoms with van der Waals surface area (Å²) in [7, 11) is -4.33. The number of benzene rings is 1. The molecule has 3 N–H and O–H groups in total. The molecule has 0 aliphatic rings. The minimum absolute atomic E-state index is 0.231. The molecule has 144 valence electrons. The van der Waals surface area contributed by atoms with Crippen molar-refractivity contribution in [2.45, 2.75) is 58.5 Å². The largest absolute Gasteiger partial charge is 0.387 e. The highest BCUT2D eigenvalue weighted by Gasteiger charge is 2.43. The van der Waals surface area contributed by atoms with Crippen molar-refractivity contribution < 1.29 is 28.9 Å². The van der Waals surface area contributed by atoms with Gasteiger partial charge in [-0.25, -0.2) is 0 Å². The lowest BCUT2D eigenvalue weighted by Crippen LogP contribution is -2.51. The molecule has 0 aliphatic heterocycles. The Bertz CT molecular complexity index is 542. The SMILES string of the molecule is CC(C)OC(CP(=O)(O)O)[C@](O)(CCOCc1ccccc1)C(C)C. The Kier molecular flexibility index (Phi) is 8.75. The Morgan fingerprint density at radius 1 is 1.12 bits per heavy atom. The second kappa shape index (κ2) is 9.81. The molecule has 0 aliphatic carbocycles. The van der Waals surface area contributed by atoms with Gasteiger partial charge in [-0.05, 0) is 25.3 Å². The lowest BCUT2D eigenvalue weighted by molar-refractivity contribution is -0.152. The molecule has 0 heterocycles. The maximum Gasteiger partial charge on any atom is 0.328 e. The van der Waals surface area contributed by atoms with E-state index in [-0.39, 0.29) is 25.0 Å². The zero-order valence-electron chi connectivity index (χ0n) is 15.5. The van der Waals surface area contributed by atoms with Crippen molar-refractivity contribution in [1.29, 1.82) is 0 Å². The first-order chi connectivity index (χ1) is 11.5. The molecule has 0 amide bonds. The fourth-order valence-corrected chi connectivity index (χ4v) is 3.52. The molecular weight excluding hydrogens is 343 g/mol. The van der Waals surface area contributed by atoms with Crippen LogP contribution in [-0.2, 0) is 20.6 Å². The molecule has 0 saturated carbocycles. The van der Waals surface area contributed by atoms with Gasteiger partial charge >= 0.3 is 7.60 Å². The monoisotopic (exact) mass is 374 g/mol. The average Bonchev–Trinajstić information content (AvgIpc) is 2.49. The molecule has 0 aromatic heterocycles. The van der Waals surface area contributed by atoms with Gasteiger partial charge in [-0.15, -0.1) is 0 Å². The number of rotatable bonds is 11. The minimum Gasteiger partial charge on any atom is -0.387 e. The summed E-state index contributed by atoms with van der Waals surface area (Å²) in [6, 6.07) is 9.68. The lowest BCUT2D eigenvalue weighted by Gasteiger charge is -2.40. The van der Waals surface area contributed by atoms with E-state index < -0.39 is 25.5 Å². The highest BCUT2D eigenvalue weighted by molar-refractivity contribution is 7.51. The summed E-state index contributed by atoms with van der Waals surface area (Å²) in [6.45, 7) is 7.87. The van der Waals surface area contributed by atoms with Crippen molar-refractivity contribution in [2.24, 2.45) is 5.92 Å². The number of hydrogen-bond acceptors (Lipinski definition) is 4. The zero-order chi connectivity index (χ0) is 19.1. The van der Waals surface area contributed by atoms with Crippen LogP contribution in [0.25, 0.3) is 0 Å². The number of aliphatic hydroxyl groups is 1. The van der Waals surface area contributed by atoms with E-state index in [9.17, 15) is 19.5 Å². The highest BCUT2D eigenvalue weighted by atomic mass is 31.2. The molecule has 1 unspecified atom stereocenters. The normalized spacial score (nSPS) is 16.2. The molecule has 2 atom stereocenters. The van der Waals surface area contributed by atoms with Crippen LogP contribution in [0.3, 0.4) is 0 Å². The first-order valence-corrected chi connectivity index (χ1v) is 10.4. The first-order valence-electron chi connectivity index (χ1n) is 8.58. The van der Waals surface area contributed by atoms with Gasteiger partial charge in [-0.2, -0.15) is 0 Å². The predicted octanol–water partition coefficient (Wildman–Crippen LogP) is 2.95. The zero-order valence-corrected chi connectivity index (χ0v) is 16.4. The van der Waals surface area contributed by atoms with Crippen LogP contribution in [0, 0.1) is 5.92 Å². The van der Waals surface area contributed by atoms with Gasteiger partial charge in [-0.3, -0.25) is 4.57 Å². The van der Waals surface area contributed by atoms with E-state index in [1.54, 1.807) is 13.8 Å². The average molecular weight is 374 g/mol. The van der Waals surface area contributed by atoms with E-state index in [0.717, 1.165) is 5.56 Å². The summed E-state index contributed by atoms with van der Waals surface area (Å²) >= 11 is 0. The van der Waals surface area contributed by atoms with Crippen molar-refractivity contribution in [2.75, 3.05) is 12.8 Å². The molecule has 1 aromatic rings. The van der Waals surface area contributed by atoms with E-state index in [0.29, 0.717) is 6.61 Å². The lowest BCUT2D eigenvalue weighted by atomic mass is 9.82. The Labute approximate surface area is 150 Å². The van der Waals surface area contributed by atoms with Gasteiger partial charge in [0.1, 0.15) is 0 Å². The van der Waals surface area contributed by atoms with E-state index in [2.05, 4.69) is 0 Å². The van der Waals surface area contributed by atoms with E-state index >= 15 is 0 Å². The van der Waals surface area contributed by atoms with Gasteiger partial charge < -0.3 is 24.4 Å². The first kappa shape index (κ1) is 22.3. The third-order valence-electron chi connectivity index (χ3n) is 4.16. The fraction of sp³-hybridized carbons (Fsp3) is 0.667. The van der Waals surface area contributed by atoms with Gasteiger partial charge in [-0.1, -0.05) is 44.2 Å². The van der Waals surface area contributed by atoms with E-state index in [1.807, 2.05) is 44.2 Å². The van der Waals surface area contributed by atoms with Crippen LogP contribution in [0.2, 0.25) is 0 Å². The molecule has 25 heavy (non-hydrogen) atoms. The fourth-order valence-electron chi connectivity index (χ4n) is 2.68. The van der Waals surface area contributed by atoms with Gasteiger partial charge in [0.15, 0.2) is 0 Å². The Morgan fingerprint density at radius 3 is 2.20 bits per heavy atom. The van der Waals surface area contributed by atoms with E-state index in [4.69, 9.17) is 9.47 Å². The summed E-state index contributed by atoms with van der Waals surface area (Å²) in [5.74, 6) is -0.247. The summed E-state index contributed by atoms with van der Waals surface area (Å²) in [6.07, 6.45) is -1.51. The summed E-state index contributed by atoms with van der Waals surface area (Å²) in [5, 5.41) is 11.1. The highest BCUT2D eigenvalue weighted by Crippen LogP contribution is 2.41. The van der Waals surface area contributed by atoms with Crippen molar-refractivity contribution in [3.05, 3.63) is 35.9 Å². The van der Waals surface area contributed by atoms with Crippen LogP contribution >= 0.6 is 7.60 Å². The molecule has 7 heteroatoms. The van der Waals surface area contributed by atoms with E-state index in [1.165, 1.54) is 0 Å². The van der Waals surface area contributed by atoms with Gasteiger partial charge in [0.05, 0.1) is 30.6 Å². The van der Waals surface area contributed by atoms with Crippen molar-refractivity contribution in [1.82, 2.24) is 0 Å². The summed E-state index contributed by atoms with van der Waals surface area (Å²) in [5.41, 5.74) is -0.358.